The molecule has 0 aromatic heterocycles. The molecule has 172 valence electrons. The number of hydrazone groups is 1. The predicted octanol–water partition coefficient (Wildman–Crippen LogP) is 3.03. The molecule has 1 heterocycles. The number of para-hydroxylation sites is 1. The summed E-state index contributed by atoms with van der Waals surface area (Å²) in [6.45, 7) is 0.358. The number of benzene rings is 2. The van der Waals surface area contributed by atoms with Crippen molar-refractivity contribution in [2.75, 3.05) is 32.4 Å². The van der Waals surface area contributed by atoms with Crippen LogP contribution in [-0.2, 0) is 18.6 Å². The van der Waals surface area contributed by atoms with Crippen LogP contribution in [0.4, 0.5) is 11.4 Å². The number of methoxy groups -OCH3 is 2. The fourth-order valence-corrected chi connectivity index (χ4v) is 3.81. The van der Waals surface area contributed by atoms with Crippen LogP contribution in [0, 0.1) is 11.3 Å². The summed E-state index contributed by atoms with van der Waals surface area (Å²) < 4.78 is 39.6. The first-order chi connectivity index (χ1) is 15.8. The van der Waals surface area contributed by atoms with Crippen molar-refractivity contribution in [2.24, 2.45) is 15.3 Å². The number of hydrogen-bond acceptors (Lipinski definition) is 10. The highest BCUT2D eigenvalue weighted by Crippen LogP contribution is 2.39. The molecule has 33 heavy (non-hydrogen) atoms. The Morgan fingerprint density at radius 1 is 1.18 bits per heavy atom. The fraction of sp³-hybridized carbons (Fsp3) is 0.250. The molecular weight excluding hydrogens is 474 g/mol. The molecule has 13 heteroatoms. The average Bonchev–Trinajstić information content (AvgIpc) is 3.13. The number of nitrogens with zero attached hydrogens (tertiary/aromatic N) is 5. The summed E-state index contributed by atoms with van der Waals surface area (Å²) in [5.41, 5.74) is 0.235. The molecule has 1 aliphatic heterocycles. The Kier molecular flexibility index (Phi) is 7.59. The van der Waals surface area contributed by atoms with Crippen LogP contribution in [0.2, 0.25) is 0 Å². The molecule has 0 bridgehead atoms. The third kappa shape index (κ3) is 5.46. The Bertz CT molecular complexity index is 1240. The first-order valence-corrected chi connectivity index (χ1v) is 11.7. The zero-order valence-corrected chi connectivity index (χ0v) is 19.1. The third-order valence-corrected chi connectivity index (χ3v) is 5.70. The Labute approximate surface area is 194 Å². The smallest absolute Gasteiger partial charge is 0.281 e. The van der Waals surface area contributed by atoms with Gasteiger partial charge in [-0.3, -0.25) is 4.79 Å². The summed E-state index contributed by atoms with van der Waals surface area (Å²) in [6, 6.07) is 11.4. The van der Waals surface area contributed by atoms with Crippen LogP contribution < -0.4 is 14.5 Å². The first-order valence-electron chi connectivity index (χ1n) is 9.37. The van der Waals surface area contributed by atoms with E-state index in [4.69, 9.17) is 24.9 Å². The van der Waals surface area contributed by atoms with Crippen LogP contribution >= 0.6 is 10.7 Å². The second-order valence-corrected chi connectivity index (χ2v) is 8.98. The van der Waals surface area contributed by atoms with Crippen molar-refractivity contribution in [1.82, 2.24) is 0 Å². The van der Waals surface area contributed by atoms with Gasteiger partial charge in [0.25, 0.3) is 15.0 Å². The highest BCUT2D eigenvalue weighted by atomic mass is 35.7. The van der Waals surface area contributed by atoms with Gasteiger partial charge < -0.3 is 14.2 Å². The van der Waals surface area contributed by atoms with Gasteiger partial charge in [0, 0.05) is 23.9 Å². The topological polar surface area (TPSA) is 143 Å². The van der Waals surface area contributed by atoms with Crippen molar-refractivity contribution in [2.45, 2.75) is 10.9 Å². The quantitative estimate of drug-likeness (QED) is 0.298. The van der Waals surface area contributed by atoms with E-state index in [-0.39, 0.29) is 41.0 Å². The molecule has 3 rings (SSSR count). The lowest BCUT2D eigenvalue weighted by atomic mass is 10.2. The number of halogens is 1. The number of anilines is 1. The number of hydrogen-bond donors (Lipinski definition) is 0. The van der Waals surface area contributed by atoms with Gasteiger partial charge in [0.2, 0.25) is 6.04 Å². The lowest BCUT2D eigenvalue weighted by molar-refractivity contribution is -0.117. The van der Waals surface area contributed by atoms with Gasteiger partial charge in [-0.05, 0) is 18.2 Å². The second kappa shape index (κ2) is 10.4. The van der Waals surface area contributed by atoms with E-state index < -0.39 is 21.0 Å². The molecule has 1 aliphatic rings. The number of carbonyl (C=O) groups is 1. The van der Waals surface area contributed by atoms with Gasteiger partial charge in [-0.1, -0.05) is 18.2 Å². The van der Waals surface area contributed by atoms with E-state index in [2.05, 4.69) is 15.3 Å². The molecular formula is C20H18ClN5O6S. The zero-order valence-electron chi connectivity index (χ0n) is 17.5. The fourth-order valence-electron chi connectivity index (χ4n) is 2.82. The Balaban J connectivity index is 2.00. The van der Waals surface area contributed by atoms with Crippen molar-refractivity contribution in [1.29, 1.82) is 5.26 Å². The molecule has 0 saturated heterocycles. The van der Waals surface area contributed by atoms with Crippen molar-refractivity contribution < 1.29 is 27.4 Å². The van der Waals surface area contributed by atoms with E-state index in [1.165, 1.54) is 20.3 Å². The number of ether oxygens (including phenoxy) is 3. The largest absolute Gasteiger partial charge is 0.495 e. The maximum atomic E-state index is 12.8. The maximum absolute atomic E-state index is 12.8. The van der Waals surface area contributed by atoms with Gasteiger partial charge >= 0.3 is 0 Å². The van der Waals surface area contributed by atoms with Crippen LogP contribution in [0.25, 0.3) is 0 Å². The third-order valence-electron chi connectivity index (χ3n) is 4.36. The van der Waals surface area contributed by atoms with E-state index in [0.29, 0.717) is 5.69 Å². The summed E-state index contributed by atoms with van der Waals surface area (Å²) in [5, 5.41) is 22.5. The molecule has 1 atom stereocenters. The predicted molar refractivity (Wildman–Crippen MR) is 119 cm³/mol. The van der Waals surface area contributed by atoms with Crippen LogP contribution in [-0.4, -0.2) is 53.5 Å². The number of amides is 1. The first kappa shape index (κ1) is 24.1. The zero-order chi connectivity index (χ0) is 24.0. The van der Waals surface area contributed by atoms with Gasteiger partial charge in [0.15, 0.2) is 11.5 Å². The normalized spacial score (nSPS) is 16.1. The molecule has 2 aromatic carbocycles. The van der Waals surface area contributed by atoms with Gasteiger partial charge in [0.1, 0.15) is 29.0 Å². The summed E-state index contributed by atoms with van der Waals surface area (Å²) in [5.74, 6) is -0.553. The van der Waals surface area contributed by atoms with Gasteiger partial charge in [-0.2, -0.15) is 25.6 Å². The van der Waals surface area contributed by atoms with E-state index in [9.17, 15) is 18.5 Å². The summed E-state index contributed by atoms with van der Waals surface area (Å²) in [6.07, 6.45) is 0. The summed E-state index contributed by atoms with van der Waals surface area (Å²) in [7, 11) is 4.07. The molecule has 0 N–H and O–H groups in total. The molecule has 0 fully saturated rings. The standard InChI is InChI=1S/C20H18ClN5O6S/c1-30-8-9-32-16-11-17(31-2)18(33(21,28)29)10-14(16)23-24-19-15(12-22)25-26(20(19)27)13-6-4-3-5-7-13/h3-7,10-11,19H,8-9H2,1-2H3. The van der Waals surface area contributed by atoms with E-state index in [1.54, 1.807) is 30.3 Å². The lowest BCUT2D eigenvalue weighted by Crippen LogP contribution is -2.30. The minimum Gasteiger partial charge on any atom is -0.495 e. The van der Waals surface area contributed by atoms with E-state index in [1.807, 2.05) is 6.07 Å². The molecule has 0 saturated carbocycles. The van der Waals surface area contributed by atoms with E-state index in [0.717, 1.165) is 11.1 Å². The summed E-state index contributed by atoms with van der Waals surface area (Å²) in [4.78, 5) is 12.5. The lowest BCUT2D eigenvalue weighted by Gasteiger charge is -2.13. The Morgan fingerprint density at radius 2 is 1.91 bits per heavy atom. The molecule has 11 nitrogen and oxygen atoms in total. The van der Waals surface area contributed by atoms with Crippen molar-refractivity contribution >= 4 is 42.7 Å². The van der Waals surface area contributed by atoms with Crippen molar-refractivity contribution in [3.8, 4) is 17.6 Å². The van der Waals surface area contributed by atoms with Crippen LogP contribution in [0.5, 0.6) is 11.5 Å². The number of nitriles is 1. The molecule has 1 amide bonds. The van der Waals surface area contributed by atoms with Crippen LogP contribution in [0.15, 0.2) is 62.7 Å². The minimum atomic E-state index is -4.20. The minimum absolute atomic E-state index is 0.0469. The highest BCUT2D eigenvalue weighted by Gasteiger charge is 2.37. The summed E-state index contributed by atoms with van der Waals surface area (Å²) >= 11 is 0. The molecule has 1 unspecified atom stereocenters. The maximum Gasteiger partial charge on any atom is 0.281 e. The Hall–Kier alpha value is -3.53. The monoisotopic (exact) mass is 491 g/mol. The van der Waals surface area contributed by atoms with Gasteiger partial charge in [-0.15, -0.1) is 0 Å². The number of azo groups is 1. The molecule has 0 aliphatic carbocycles. The van der Waals surface area contributed by atoms with Crippen LogP contribution in [0.3, 0.4) is 0 Å². The number of rotatable bonds is 9. The molecule has 2 aromatic rings. The highest BCUT2D eigenvalue weighted by molar-refractivity contribution is 8.13. The SMILES string of the molecule is COCCOc1cc(OC)c(S(=O)(=O)Cl)cc1N=NC1C(=O)N(c2ccccc2)N=C1C#N. The van der Waals surface area contributed by atoms with E-state index >= 15 is 0 Å². The van der Waals surface area contributed by atoms with Gasteiger partial charge in [-0.25, -0.2) is 8.42 Å². The van der Waals surface area contributed by atoms with Crippen molar-refractivity contribution in [3.63, 3.8) is 0 Å². The van der Waals surface area contributed by atoms with Gasteiger partial charge in [0.05, 0.1) is 19.4 Å². The van der Waals surface area contributed by atoms with Crippen LogP contribution in [0.1, 0.15) is 0 Å². The second-order valence-electron chi connectivity index (χ2n) is 6.45. The number of carbonyl (C=O) groups excluding carboxylic acids is 1. The van der Waals surface area contributed by atoms with Crippen molar-refractivity contribution in [3.05, 3.63) is 42.5 Å². The molecule has 0 spiro atoms. The Morgan fingerprint density at radius 3 is 2.52 bits per heavy atom. The molecule has 0 radical (unpaired) electrons. The average molecular weight is 492 g/mol.